The summed E-state index contributed by atoms with van der Waals surface area (Å²) in [6.45, 7) is 4.15. The van der Waals surface area contributed by atoms with E-state index < -0.39 is 0 Å². The lowest BCUT2D eigenvalue weighted by atomic mass is 10.1. The van der Waals surface area contributed by atoms with Gasteiger partial charge >= 0.3 is 0 Å². The zero-order chi connectivity index (χ0) is 14.5. The number of thiocarbonyl (C=S) groups is 1. The molecule has 0 atom stereocenters. The van der Waals surface area contributed by atoms with Gasteiger partial charge in [-0.15, -0.1) is 0 Å². The van der Waals surface area contributed by atoms with Crippen molar-refractivity contribution in [3.8, 4) is 5.75 Å². The van der Waals surface area contributed by atoms with Gasteiger partial charge in [0.25, 0.3) is 0 Å². The molecule has 2 aromatic carbocycles. The van der Waals surface area contributed by atoms with Gasteiger partial charge in [-0.25, -0.2) is 0 Å². The van der Waals surface area contributed by atoms with E-state index in [1.807, 2.05) is 36.4 Å². The van der Waals surface area contributed by atoms with Crippen molar-refractivity contribution in [1.29, 1.82) is 0 Å². The van der Waals surface area contributed by atoms with Crippen LogP contribution < -0.4 is 15.4 Å². The predicted octanol–water partition coefficient (Wildman–Crippen LogP) is 4.12. The second-order valence-corrected chi connectivity index (χ2v) is 4.94. The van der Waals surface area contributed by atoms with Crippen LogP contribution >= 0.6 is 12.2 Å². The molecule has 0 amide bonds. The van der Waals surface area contributed by atoms with Crippen molar-refractivity contribution in [1.82, 2.24) is 0 Å². The van der Waals surface area contributed by atoms with Crippen LogP contribution in [-0.4, -0.2) is 12.2 Å². The minimum Gasteiger partial charge on any atom is -0.495 e. The second-order valence-electron chi connectivity index (χ2n) is 4.53. The number of para-hydroxylation sites is 2. The van der Waals surface area contributed by atoms with Crippen molar-refractivity contribution in [2.45, 2.75) is 13.8 Å². The Hall–Kier alpha value is -2.07. The van der Waals surface area contributed by atoms with Crippen LogP contribution in [0.4, 0.5) is 11.4 Å². The van der Waals surface area contributed by atoms with E-state index >= 15 is 0 Å². The van der Waals surface area contributed by atoms with Gasteiger partial charge in [0.15, 0.2) is 5.11 Å². The Morgan fingerprint density at radius 1 is 0.950 bits per heavy atom. The number of methoxy groups -OCH3 is 1. The minimum atomic E-state index is 0.545. The van der Waals surface area contributed by atoms with Crippen molar-refractivity contribution in [2.75, 3.05) is 17.7 Å². The summed E-state index contributed by atoms with van der Waals surface area (Å²) in [6.07, 6.45) is 0. The van der Waals surface area contributed by atoms with Crippen LogP contribution in [0.3, 0.4) is 0 Å². The van der Waals surface area contributed by atoms with Crippen molar-refractivity contribution < 1.29 is 4.74 Å². The maximum Gasteiger partial charge on any atom is 0.175 e. The Labute approximate surface area is 125 Å². The van der Waals surface area contributed by atoms with Crippen LogP contribution in [-0.2, 0) is 0 Å². The Morgan fingerprint density at radius 3 is 2.35 bits per heavy atom. The highest BCUT2D eigenvalue weighted by Gasteiger charge is 2.06. The van der Waals surface area contributed by atoms with Crippen molar-refractivity contribution in [3.63, 3.8) is 0 Å². The van der Waals surface area contributed by atoms with E-state index in [9.17, 15) is 0 Å². The van der Waals surface area contributed by atoms with E-state index in [0.29, 0.717) is 5.11 Å². The SMILES string of the molecule is COc1ccccc1NC(=S)Nc1cccc(C)c1C. The number of hydrogen-bond donors (Lipinski definition) is 2. The van der Waals surface area contributed by atoms with E-state index in [2.05, 4.69) is 30.5 Å². The lowest BCUT2D eigenvalue weighted by Gasteiger charge is -2.15. The third-order valence-electron chi connectivity index (χ3n) is 3.21. The molecule has 0 radical (unpaired) electrons. The van der Waals surface area contributed by atoms with Gasteiger partial charge in [0.2, 0.25) is 0 Å². The van der Waals surface area contributed by atoms with Crippen LogP contribution in [0.5, 0.6) is 5.75 Å². The number of benzene rings is 2. The maximum atomic E-state index is 5.35. The molecule has 2 N–H and O–H groups in total. The molecule has 0 unspecified atom stereocenters. The summed E-state index contributed by atoms with van der Waals surface area (Å²) in [4.78, 5) is 0. The van der Waals surface area contributed by atoms with Crippen LogP contribution in [0.15, 0.2) is 42.5 Å². The summed E-state index contributed by atoms with van der Waals surface area (Å²) >= 11 is 5.35. The van der Waals surface area contributed by atoms with Crippen LogP contribution in [0.2, 0.25) is 0 Å². The van der Waals surface area contributed by atoms with Gasteiger partial charge < -0.3 is 15.4 Å². The standard InChI is InChI=1S/C16H18N2OS/c1-11-7-6-9-13(12(11)2)17-16(20)18-14-8-4-5-10-15(14)19-3/h4-10H,1-3H3,(H2,17,18,20). The third-order valence-corrected chi connectivity index (χ3v) is 3.41. The van der Waals surface area contributed by atoms with Gasteiger partial charge in [0, 0.05) is 5.69 Å². The number of rotatable bonds is 3. The number of hydrogen-bond acceptors (Lipinski definition) is 2. The Balaban J connectivity index is 2.11. The van der Waals surface area contributed by atoms with E-state index in [0.717, 1.165) is 17.1 Å². The molecule has 2 rings (SSSR count). The molecule has 0 heterocycles. The first-order valence-electron chi connectivity index (χ1n) is 6.39. The predicted molar refractivity (Wildman–Crippen MR) is 88.8 cm³/mol. The summed E-state index contributed by atoms with van der Waals surface area (Å²) in [5.74, 6) is 0.762. The normalized spacial score (nSPS) is 9.95. The number of ether oxygens (including phenoxy) is 1. The van der Waals surface area contributed by atoms with Gasteiger partial charge in [-0.05, 0) is 55.4 Å². The lowest BCUT2D eigenvalue weighted by molar-refractivity contribution is 0.417. The summed E-state index contributed by atoms with van der Waals surface area (Å²) < 4.78 is 5.29. The average molecular weight is 286 g/mol. The molecule has 0 aliphatic rings. The first kappa shape index (κ1) is 14.3. The van der Waals surface area contributed by atoms with Crippen molar-refractivity contribution in [2.24, 2.45) is 0 Å². The third kappa shape index (κ3) is 3.27. The van der Waals surface area contributed by atoms with Crippen molar-refractivity contribution in [3.05, 3.63) is 53.6 Å². The highest BCUT2D eigenvalue weighted by atomic mass is 32.1. The molecular formula is C16H18N2OS. The molecule has 4 heteroatoms. The molecule has 0 spiro atoms. The van der Waals surface area contributed by atoms with E-state index in [1.165, 1.54) is 11.1 Å². The topological polar surface area (TPSA) is 33.3 Å². The Kier molecular flexibility index (Phi) is 4.58. The fourth-order valence-corrected chi connectivity index (χ4v) is 2.13. The monoisotopic (exact) mass is 286 g/mol. The van der Waals surface area contributed by atoms with Gasteiger partial charge in [-0.2, -0.15) is 0 Å². The fraction of sp³-hybridized carbons (Fsp3) is 0.188. The summed E-state index contributed by atoms with van der Waals surface area (Å²) in [5.41, 5.74) is 4.28. The molecule has 0 saturated carbocycles. The summed E-state index contributed by atoms with van der Waals surface area (Å²) in [7, 11) is 1.64. The maximum absolute atomic E-state index is 5.35. The van der Waals surface area contributed by atoms with Crippen LogP contribution in [0, 0.1) is 13.8 Å². The first-order chi connectivity index (χ1) is 9.61. The van der Waals surface area contributed by atoms with Gasteiger partial charge in [0.1, 0.15) is 5.75 Å². The number of aryl methyl sites for hydroxylation is 1. The smallest absolute Gasteiger partial charge is 0.175 e. The Morgan fingerprint density at radius 2 is 1.60 bits per heavy atom. The van der Waals surface area contributed by atoms with Gasteiger partial charge in [-0.3, -0.25) is 0 Å². The number of nitrogens with one attached hydrogen (secondary N) is 2. The fourth-order valence-electron chi connectivity index (χ4n) is 1.91. The zero-order valence-electron chi connectivity index (χ0n) is 11.9. The summed E-state index contributed by atoms with van der Waals surface area (Å²) in [6, 6.07) is 13.8. The molecule has 0 aromatic heterocycles. The molecule has 0 bridgehead atoms. The highest BCUT2D eigenvalue weighted by Crippen LogP contribution is 2.24. The molecule has 104 valence electrons. The minimum absolute atomic E-state index is 0.545. The first-order valence-corrected chi connectivity index (χ1v) is 6.80. The zero-order valence-corrected chi connectivity index (χ0v) is 12.7. The second kappa shape index (κ2) is 6.39. The molecule has 0 fully saturated rings. The van der Waals surface area contributed by atoms with Crippen LogP contribution in [0.1, 0.15) is 11.1 Å². The lowest BCUT2D eigenvalue weighted by Crippen LogP contribution is -2.20. The van der Waals surface area contributed by atoms with E-state index in [1.54, 1.807) is 7.11 Å². The molecule has 0 saturated heterocycles. The average Bonchev–Trinajstić information content (AvgIpc) is 2.44. The van der Waals surface area contributed by atoms with E-state index in [4.69, 9.17) is 17.0 Å². The summed E-state index contributed by atoms with van der Waals surface area (Å²) in [5, 5.41) is 6.91. The Bertz CT molecular complexity index is 626. The molecular weight excluding hydrogens is 268 g/mol. The molecule has 20 heavy (non-hydrogen) atoms. The van der Waals surface area contributed by atoms with Crippen molar-refractivity contribution >= 4 is 28.7 Å². The molecule has 3 nitrogen and oxygen atoms in total. The largest absolute Gasteiger partial charge is 0.495 e. The van der Waals surface area contributed by atoms with Gasteiger partial charge in [-0.1, -0.05) is 24.3 Å². The molecule has 0 aliphatic heterocycles. The molecule has 0 aliphatic carbocycles. The highest BCUT2D eigenvalue weighted by molar-refractivity contribution is 7.80. The van der Waals surface area contributed by atoms with E-state index in [-0.39, 0.29) is 0 Å². The van der Waals surface area contributed by atoms with Crippen LogP contribution in [0.25, 0.3) is 0 Å². The number of anilines is 2. The van der Waals surface area contributed by atoms with Gasteiger partial charge in [0.05, 0.1) is 12.8 Å². The quantitative estimate of drug-likeness (QED) is 0.832. The molecule has 2 aromatic rings.